The maximum atomic E-state index is 13.4. The van der Waals surface area contributed by atoms with E-state index in [1.54, 1.807) is 12.7 Å². The summed E-state index contributed by atoms with van der Waals surface area (Å²) >= 11 is 0. The Kier molecular flexibility index (Phi) is 7.70. The summed E-state index contributed by atoms with van der Waals surface area (Å²) in [5.74, 6) is 2.60. The van der Waals surface area contributed by atoms with Gasteiger partial charge in [-0.3, -0.25) is 9.59 Å². The number of hydrogen-bond donors (Lipinski definition) is 2. The lowest BCUT2D eigenvalue weighted by Crippen LogP contribution is -2.53. The highest BCUT2D eigenvalue weighted by atomic mass is 16.2. The molecule has 12 heteroatoms. The Morgan fingerprint density at radius 3 is 1.62 bits per heavy atom. The van der Waals surface area contributed by atoms with Crippen molar-refractivity contribution in [2.45, 2.75) is 51.6 Å². The van der Waals surface area contributed by atoms with Gasteiger partial charge in [-0.1, -0.05) is 13.8 Å². The van der Waals surface area contributed by atoms with Gasteiger partial charge in [0.25, 0.3) is 0 Å². The molecule has 0 aromatic carbocycles. The summed E-state index contributed by atoms with van der Waals surface area (Å²) in [5, 5.41) is 1.94. The first-order valence-electron chi connectivity index (χ1n) is 14.9. The number of carbonyl (C=O) groups excluding carboxylic acids is 2. The molecule has 0 bridgehead atoms. The summed E-state index contributed by atoms with van der Waals surface area (Å²) in [6.45, 7) is 7.11. The van der Waals surface area contributed by atoms with E-state index in [9.17, 15) is 9.59 Å². The van der Waals surface area contributed by atoms with Gasteiger partial charge in [0.05, 0.1) is 22.9 Å². The van der Waals surface area contributed by atoms with E-state index in [0.29, 0.717) is 38.0 Å². The van der Waals surface area contributed by atoms with E-state index in [0.717, 1.165) is 46.5 Å². The smallest absolute Gasteiger partial charge is 0.223 e. The van der Waals surface area contributed by atoms with E-state index in [4.69, 9.17) is 0 Å². The summed E-state index contributed by atoms with van der Waals surface area (Å²) in [7, 11) is 4.08. The number of amides is 2. The van der Waals surface area contributed by atoms with Crippen LogP contribution in [-0.4, -0.2) is 104 Å². The summed E-state index contributed by atoms with van der Waals surface area (Å²) < 4.78 is 0. The molecule has 0 saturated carbocycles. The summed E-state index contributed by atoms with van der Waals surface area (Å²) in [6.07, 6.45) is 9.15. The minimum absolute atomic E-state index is 0.0398. The number of fused-ring (bicyclic) bond motifs is 2. The molecule has 4 atom stereocenters. The Bertz CT molecular complexity index is 1450. The molecular formula is C30H40N10O2. The third kappa shape index (κ3) is 5.25. The maximum absolute atomic E-state index is 13.4. The second-order valence-corrected chi connectivity index (χ2v) is 11.9. The molecule has 0 aliphatic carbocycles. The van der Waals surface area contributed by atoms with Crippen molar-refractivity contribution in [2.24, 2.45) is 11.8 Å². The first-order valence-corrected chi connectivity index (χ1v) is 14.9. The van der Waals surface area contributed by atoms with Crippen LogP contribution >= 0.6 is 0 Å². The van der Waals surface area contributed by atoms with E-state index < -0.39 is 0 Å². The molecule has 4 aromatic heterocycles. The molecule has 2 aliphatic heterocycles. The van der Waals surface area contributed by atoms with Gasteiger partial charge in [0.1, 0.15) is 35.6 Å². The van der Waals surface area contributed by atoms with Gasteiger partial charge in [-0.05, 0) is 36.8 Å². The van der Waals surface area contributed by atoms with Crippen LogP contribution in [0.4, 0.5) is 11.6 Å². The van der Waals surface area contributed by atoms with Crippen LogP contribution in [0.2, 0.25) is 0 Å². The summed E-state index contributed by atoms with van der Waals surface area (Å²) in [5.41, 5.74) is 1.61. The molecule has 2 amide bonds. The van der Waals surface area contributed by atoms with Crippen molar-refractivity contribution in [3.63, 3.8) is 0 Å². The quantitative estimate of drug-likeness (QED) is 0.346. The van der Waals surface area contributed by atoms with Crippen LogP contribution in [0.15, 0.2) is 37.2 Å². The molecular weight excluding hydrogens is 532 g/mol. The van der Waals surface area contributed by atoms with E-state index in [2.05, 4.69) is 53.6 Å². The fourth-order valence-corrected chi connectivity index (χ4v) is 6.68. The number of hydrogen-bond acceptors (Lipinski definition) is 8. The van der Waals surface area contributed by atoms with Crippen LogP contribution in [0.3, 0.4) is 0 Å². The van der Waals surface area contributed by atoms with Crippen LogP contribution < -0.4 is 9.80 Å². The van der Waals surface area contributed by atoms with Crippen LogP contribution in [0.25, 0.3) is 22.1 Å². The van der Waals surface area contributed by atoms with Crippen molar-refractivity contribution in [1.29, 1.82) is 0 Å². The predicted octanol–water partition coefficient (Wildman–Crippen LogP) is 3.06. The fourth-order valence-electron chi connectivity index (χ4n) is 6.68. The predicted molar refractivity (Wildman–Crippen MR) is 162 cm³/mol. The Labute approximate surface area is 245 Å². The summed E-state index contributed by atoms with van der Waals surface area (Å²) in [6, 6.07) is 4.22. The minimum Gasteiger partial charge on any atom is -0.354 e. The van der Waals surface area contributed by atoms with Gasteiger partial charge < -0.3 is 29.6 Å². The average molecular weight is 573 g/mol. The molecule has 6 rings (SSSR count). The Hall–Kier alpha value is -4.22. The lowest BCUT2D eigenvalue weighted by atomic mass is 9.91. The summed E-state index contributed by atoms with van der Waals surface area (Å²) in [4.78, 5) is 58.9. The minimum atomic E-state index is 0.0398. The van der Waals surface area contributed by atoms with Gasteiger partial charge in [-0.15, -0.1) is 0 Å². The molecule has 222 valence electrons. The van der Waals surface area contributed by atoms with Crippen LogP contribution in [0, 0.1) is 11.8 Å². The molecule has 42 heavy (non-hydrogen) atoms. The second-order valence-electron chi connectivity index (χ2n) is 11.9. The number of nitrogens with zero attached hydrogens (tertiary/aromatic N) is 8. The molecule has 2 N–H and O–H groups in total. The number of piperidine rings is 2. The number of aromatic amines is 2. The van der Waals surface area contributed by atoms with Gasteiger partial charge in [-0.25, -0.2) is 19.9 Å². The highest BCUT2D eigenvalue weighted by Gasteiger charge is 2.35. The Morgan fingerprint density at radius 2 is 1.19 bits per heavy atom. The molecule has 6 heterocycles. The van der Waals surface area contributed by atoms with Crippen LogP contribution in [0.5, 0.6) is 0 Å². The molecule has 2 aliphatic rings. The van der Waals surface area contributed by atoms with Gasteiger partial charge in [0.15, 0.2) is 0 Å². The molecule has 0 unspecified atom stereocenters. The van der Waals surface area contributed by atoms with Gasteiger partial charge in [0, 0.05) is 65.5 Å². The third-order valence-electron chi connectivity index (χ3n) is 9.42. The number of H-pyrrole nitrogens is 2. The number of rotatable bonds is 7. The second kappa shape index (κ2) is 11.6. The zero-order chi connectivity index (χ0) is 29.4. The van der Waals surface area contributed by atoms with E-state index >= 15 is 0 Å². The zero-order valence-electron chi connectivity index (χ0n) is 24.8. The first kappa shape index (κ1) is 27.9. The van der Waals surface area contributed by atoms with Crippen molar-refractivity contribution in [2.75, 3.05) is 50.1 Å². The van der Waals surface area contributed by atoms with Crippen LogP contribution in [-0.2, 0) is 9.59 Å². The van der Waals surface area contributed by atoms with Crippen molar-refractivity contribution >= 4 is 45.5 Å². The maximum Gasteiger partial charge on any atom is 0.223 e. The number of likely N-dealkylation sites (tertiary alicyclic amines) is 2. The monoisotopic (exact) mass is 572 g/mol. The molecule has 0 radical (unpaired) electrons. The highest BCUT2D eigenvalue weighted by molar-refractivity contribution is 5.88. The van der Waals surface area contributed by atoms with Crippen molar-refractivity contribution in [1.82, 2.24) is 39.7 Å². The number of likely N-dealkylation sites (N-methyl/N-ethyl adjacent to an activating group) is 2. The number of anilines is 2. The fraction of sp³-hybridized carbons (Fsp3) is 0.533. The van der Waals surface area contributed by atoms with E-state index in [1.165, 1.54) is 0 Å². The number of aromatic nitrogens is 6. The molecule has 2 fully saturated rings. The lowest BCUT2D eigenvalue weighted by Gasteiger charge is -2.43. The molecule has 0 spiro atoms. The largest absolute Gasteiger partial charge is 0.354 e. The Balaban J connectivity index is 1.06. The molecule has 2 saturated heterocycles. The zero-order valence-corrected chi connectivity index (χ0v) is 24.8. The van der Waals surface area contributed by atoms with E-state index in [1.807, 2.05) is 48.4 Å². The van der Waals surface area contributed by atoms with Crippen LogP contribution in [0.1, 0.15) is 39.5 Å². The average Bonchev–Trinajstić information content (AvgIpc) is 3.69. The number of nitrogens with one attached hydrogen (secondary N) is 2. The van der Waals surface area contributed by atoms with Gasteiger partial charge in [0.2, 0.25) is 11.8 Å². The van der Waals surface area contributed by atoms with Gasteiger partial charge >= 0.3 is 0 Å². The first-order chi connectivity index (χ1) is 20.3. The van der Waals surface area contributed by atoms with Crippen molar-refractivity contribution < 1.29 is 9.59 Å². The lowest BCUT2D eigenvalue weighted by molar-refractivity contribution is -0.138. The van der Waals surface area contributed by atoms with E-state index in [-0.39, 0.29) is 36.7 Å². The molecule has 12 nitrogen and oxygen atoms in total. The Morgan fingerprint density at radius 1 is 0.762 bits per heavy atom. The standard InChI is InChI=1S/C30H40N10O2/c1-19-9-13-39(15-23(19)37(3)29-21-7-11-31-27(21)33-17-35-29)25(41)5-6-26(42)40-14-10-20(2)24(16-40)38(4)30-22-8-12-32-28(22)34-18-36-30/h7-8,11-12,17-20,23-24H,5-6,9-10,13-16H2,1-4H3,(H,31,33,35)(H,32,34,36)/t19-,20+,23+,24-. The van der Waals surface area contributed by atoms with Gasteiger partial charge in [-0.2, -0.15) is 0 Å². The van der Waals surface area contributed by atoms with Crippen molar-refractivity contribution in [3.05, 3.63) is 37.2 Å². The number of carbonyl (C=O) groups is 2. The SMILES string of the molecule is C[C@@H]1CCN(C(=O)CCC(=O)N2CC[C@H](C)[C@H](N(C)c3ncnc4[nH]ccc34)C2)C[C@@H]1N(C)c1ncnc2[nH]ccc12. The normalized spacial score (nSPS) is 23.0. The van der Waals surface area contributed by atoms with Crippen molar-refractivity contribution in [3.8, 4) is 0 Å². The third-order valence-corrected chi connectivity index (χ3v) is 9.42. The molecule has 4 aromatic rings. The highest BCUT2D eigenvalue weighted by Crippen LogP contribution is 2.30. The topological polar surface area (TPSA) is 130 Å².